The molecule has 0 aliphatic carbocycles. The smallest absolute Gasteiger partial charge is 0.280 e. The van der Waals surface area contributed by atoms with Gasteiger partial charge in [0.05, 0.1) is 10.9 Å². The average Bonchev–Trinajstić information content (AvgIpc) is 2.98. The first-order valence-electron chi connectivity index (χ1n) is 8.10. The number of fused-ring (bicyclic) bond motifs is 1. The third kappa shape index (κ3) is 3.36. The molecule has 0 bridgehead atoms. The zero-order chi connectivity index (χ0) is 19.1. The van der Waals surface area contributed by atoms with Gasteiger partial charge >= 0.3 is 0 Å². The van der Waals surface area contributed by atoms with Gasteiger partial charge in [0.1, 0.15) is 0 Å². The number of aliphatic imine (C=N–C) groups is 1. The molecular weight excluding hydrogens is 403 g/mol. The number of nitrogens with zero attached hydrogens (tertiary/aromatic N) is 3. The van der Waals surface area contributed by atoms with E-state index in [1.165, 1.54) is 16.4 Å². The molecular formula is C19H14Cl2N4OS. The first-order chi connectivity index (χ1) is 12.9. The number of rotatable bonds is 2. The number of hydrogen-bond acceptors (Lipinski definition) is 5. The van der Waals surface area contributed by atoms with Gasteiger partial charge < -0.3 is 5.73 Å². The fourth-order valence-electron chi connectivity index (χ4n) is 2.98. The van der Waals surface area contributed by atoms with Crippen LogP contribution >= 0.6 is 35.0 Å². The number of amidine groups is 1. The molecule has 5 nitrogen and oxygen atoms in total. The minimum Gasteiger partial charge on any atom is -0.378 e. The molecule has 27 heavy (non-hydrogen) atoms. The molecule has 2 heterocycles. The number of nitrogens with two attached hydrogens (primary N) is 1. The van der Waals surface area contributed by atoms with Crippen LogP contribution in [0.4, 0.5) is 5.82 Å². The van der Waals surface area contributed by atoms with Gasteiger partial charge in [-0.05, 0) is 48.9 Å². The zero-order valence-electron chi connectivity index (χ0n) is 14.2. The number of hydrogen-bond donors (Lipinski definition) is 1. The maximum absolute atomic E-state index is 13.0. The van der Waals surface area contributed by atoms with Crippen LogP contribution in [0.5, 0.6) is 0 Å². The van der Waals surface area contributed by atoms with Gasteiger partial charge in [-0.15, -0.1) is 0 Å². The molecule has 4 rings (SSSR count). The molecule has 0 amide bonds. The lowest BCUT2D eigenvalue weighted by atomic mass is 10.0. The summed E-state index contributed by atoms with van der Waals surface area (Å²) in [4.78, 5) is 17.4. The molecule has 1 aliphatic rings. The number of thioether (sulfide) groups is 1. The Morgan fingerprint density at radius 3 is 2.30 bits per heavy atom. The summed E-state index contributed by atoms with van der Waals surface area (Å²) >= 11 is 13.4. The molecule has 0 radical (unpaired) electrons. The summed E-state index contributed by atoms with van der Waals surface area (Å²) in [5.41, 5.74) is 9.16. The van der Waals surface area contributed by atoms with Crippen LogP contribution in [0.15, 0.2) is 53.5 Å². The number of benzene rings is 2. The second-order valence-corrected chi connectivity index (χ2v) is 8.04. The van der Waals surface area contributed by atoms with E-state index in [1.807, 2.05) is 31.2 Å². The SMILES string of the molecule is Cc1nn(C(=O)c2ccc(Cl)cc2)c2c1[C@@H](c1ccc(Cl)cc1)SC(N)=N2. The van der Waals surface area contributed by atoms with Gasteiger partial charge in [-0.2, -0.15) is 9.78 Å². The van der Waals surface area contributed by atoms with Crippen molar-refractivity contribution in [1.29, 1.82) is 0 Å². The lowest BCUT2D eigenvalue weighted by molar-refractivity contribution is 0.0947. The Labute approximate surface area is 170 Å². The Morgan fingerprint density at radius 1 is 1.07 bits per heavy atom. The summed E-state index contributed by atoms with van der Waals surface area (Å²) in [5, 5.41) is 5.94. The van der Waals surface area contributed by atoms with Crippen molar-refractivity contribution in [1.82, 2.24) is 9.78 Å². The van der Waals surface area contributed by atoms with Crippen molar-refractivity contribution >= 4 is 51.9 Å². The third-order valence-corrected chi connectivity index (χ3v) is 5.83. The van der Waals surface area contributed by atoms with Gasteiger partial charge in [0.15, 0.2) is 11.0 Å². The molecule has 1 aromatic heterocycles. The lowest BCUT2D eigenvalue weighted by Gasteiger charge is -2.21. The maximum Gasteiger partial charge on any atom is 0.280 e. The van der Waals surface area contributed by atoms with Crippen LogP contribution in [0, 0.1) is 6.92 Å². The lowest BCUT2D eigenvalue weighted by Crippen LogP contribution is -2.18. The molecule has 3 aromatic rings. The third-order valence-electron chi connectivity index (χ3n) is 4.25. The molecule has 0 saturated carbocycles. The minimum atomic E-state index is -0.283. The van der Waals surface area contributed by atoms with Crippen LogP contribution in [0.2, 0.25) is 10.0 Å². The van der Waals surface area contributed by atoms with Crippen molar-refractivity contribution in [2.45, 2.75) is 12.2 Å². The molecule has 136 valence electrons. The molecule has 0 fully saturated rings. The van der Waals surface area contributed by atoms with Gasteiger partial charge in [0.2, 0.25) is 0 Å². The van der Waals surface area contributed by atoms with Crippen LogP contribution in [-0.4, -0.2) is 20.9 Å². The van der Waals surface area contributed by atoms with E-state index in [9.17, 15) is 4.79 Å². The topological polar surface area (TPSA) is 73.3 Å². The van der Waals surface area contributed by atoms with Crippen LogP contribution in [0.25, 0.3) is 0 Å². The molecule has 0 saturated heterocycles. The number of carbonyl (C=O) groups is 1. The highest BCUT2D eigenvalue weighted by atomic mass is 35.5. The first kappa shape index (κ1) is 18.1. The Balaban J connectivity index is 1.82. The van der Waals surface area contributed by atoms with Crippen molar-refractivity contribution in [3.8, 4) is 0 Å². The summed E-state index contributed by atoms with van der Waals surface area (Å²) < 4.78 is 1.31. The van der Waals surface area contributed by atoms with Crippen molar-refractivity contribution < 1.29 is 4.79 Å². The Hall–Kier alpha value is -2.28. The predicted octanol–water partition coefficient (Wildman–Crippen LogP) is 4.97. The van der Waals surface area contributed by atoms with Gasteiger partial charge in [0.25, 0.3) is 5.91 Å². The van der Waals surface area contributed by atoms with Crippen molar-refractivity contribution in [3.05, 3.63) is 81.0 Å². The number of aromatic nitrogens is 2. The standard InChI is InChI=1S/C19H14Cl2N4OS/c1-10-15-16(11-2-6-13(20)7-3-11)27-19(22)23-17(15)25(24-10)18(26)12-4-8-14(21)9-5-12/h2-9,16H,1H3,(H2,22,23)/t16-/m1/s1. The van der Waals surface area contributed by atoms with Crippen LogP contribution in [0.1, 0.15) is 32.4 Å². The van der Waals surface area contributed by atoms with Crippen LogP contribution < -0.4 is 5.73 Å². The van der Waals surface area contributed by atoms with Crippen molar-refractivity contribution in [3.63, 3.8) is 0 Å². The molecule has 0 spiro atoms. The second kappa shape index (κ2) is 7.03. The largest absolute Gasteiger partial charge is 0.378 e. The van der Waals surface area contributed by atoms with E-state index < -0.39 is 0 Å². The monoisotopic (exact) mass is 416 g/mol. The van der Waals surface area contributed by atoms with E-state index in [1.54, 1.807) is 24.3 Å². The second-order valence-electron chi connectivity index (χ2n) is 6.05. The molecule has 0 unspecified atom stereocenters. The quantitative estimate of drug-likeness (QED) is 0.639. The van der Waals surface area contributed by atoms with E-state index in [0.29, 0.717) is 26.6 Å². The first-order valence-corrected chi connectivity index (χ1v) is 9.73. The van der Waals surface area contributed by atoms with E-state index in [0.717, 1.165) is 16.8 Å². The van der Waals surface area contributed by atoms with Gasteiger partial charge in [0, 0.05) is 21.2 Å². The summed E-state index contributed by atoms with van der Waals surface area (Å²) in [6.45, 7) is 1.87. The fraction of sp³-hybridized carbons (Fsp3) is 0.105. The molecule has 1 atom stereocenters. The molecule has 2 N–H and O–H groups in total. The van der Waals surface area contributed by atoms with E-state index >= 15 is 0 Å². The van der Waals surface area contributed by atoms with Gasteiger partial charge in [-0.3, -0.25) is 4.79 Å². The fourth-order valence-corrected chi connectivity index (χ4v) is 4.30. The average molecular weight is 417 g/mol. The summed E-state index contributed by atoms with van der Waals surface area (Å²) in [6.07, 6.45) is 0. The number of aryl methyl sites for hydroxylation is 1. The van der Waals surface area contributed by atoms with Gasteiger partial charge in [-0.25, -0.2) is 4.99 Å². The highest BCUT2D eigenvalue weighted by Gasteiger charge is 2.32. The van der Waals surface area contributed by atoms with E-state index in [-0.39, 0.29) is 11.2 Å². The molecule has 8 heteroatoms. The Bertz CT molecular complexity index is 1060. The van der Waals surface area contributed by atoms with Crippen molar-refractivity contribution in [2.75, 3.05) is 0 Å². The predicted molar refractivity (Wildman–Crippen MR) is 110 cm³/mol. The summed E-state index contributed by atoms with van der Waals surface area (Å²) in [6, 6.07) is 14.2. The van der Waals surface area contributed by atoms with E-state index in [4.69, 9.17) is 28.9 Å². The highest BCUT2D eigenvalue weighted by Crippen LogP contribution is 2.46. The zero-order valence-corrected chi connectivity index (χ0v) is 16.5. The number of carbonyl (C=O) groups excluding carboxylic acids is 1. The van der Waals surface area contributed by atoms with Crippen molar-refractivity contribution in [2.24, 2.45) is 10.7 Å². The Morgan fingerprint density at radius 2 is 1.67 bits per heavy atom. The highest BCUT2D eigenvalue weighted by molar-refractivity contribution is 8.14. The van der Waals surface area contributed by atoms with Crippen LogP contribution in [-0.2, 0) is 0 Å². The summed E-state index contributed by atoms with van der Waals surface area (Å²) in [7, 11) is 0. The minimum absolute atomic E-state index is 0.110. The van der Waals surface area contributed by atoms with Crippen LogP contribution in [0.3, 0.4) is 0 Å². The Kier molecular flexibility index (Phi) is 4.72. The van der Waals surface area contributed by atoms with E-state index in [2.05, 4.69) is 10.1 Å². The van der Waals surface area contributed by atoms with Gasteiger partial charge in [-0.1, -0.05) is 47.1 Å². The maximum atomic E-state index is 13.0. The molecule has 2 aromatic carbocycles. The number of halogens is 2. The molecule has 1 aliphatic heterocycles. The normalized spacial score (nSPS) is 16.0. The summed E-state index contributed by atoms with van der Waals surface area (Å²) in [5.74, 6) is 0.179.